The lowest BCUT2D eigenvalue weighted by molar-refractivity contribution is -0.118. The SMILES string of the molecule is NC(=O)NC(=O)CN1CCCc2cc(F)ccc21. The van der Waals surface area contributed by atoms with Crippen LogP contribution in [0.4, 0.5) is 14.9 Å². The second-order valence-electron chi connectivity index (χ2n) is 4.21. The summed E-state index contributed by atoms with van der Waals surface area (Å²) in [6, 6.07) is 3.63. The number of benzene rings is 1. The summed E-state index contributed by atoms with van der Waals surface area (Å²) in [7, 11) is 0. The van der Waals surface area contributed by atoms with Crippen molar-refractivity contribution < 1.29 is 14.0 Å². The highest BCUT2D eigenvalue weighted by molar-refractivity contribution is 5.95. The molecule has 1 aromatic rings. The van der Waals surface area contributed by atoms with Gasteiger partial charge in [0.2, 0.25) is 5.91 Å². The second-order valence-corrected chi connectivity index (χ2v) is 4.21. The number of nitrogens with two attached hydrogens (primary N) is 1. The maximum atomic E-state index is 13.1. The molecule has 0 atom stereocenters. The Balaban J connectivity index is 2.13. The molecule has 3 amide bonds. The molecule has 18 heavy (non-hydrogen) atoms. The zero-order valence-electron chi connectivity index (χ0n) is 9.78. The topological polar surface area (TPSA) is 75.4 Å². The second kappa shape index (κ2) is 5.03. The maximum absolute atomic E-state index is 13.1. The summed E-state index contributed by atoms with van der Waals surface area (Å²) in [5, 5.41) is 2.02. The van der Waals surface area contributed by atoms with Gasteiger partial charge in [-0.3, -0.25) is 10.1 Å². The van der Waals surface area contributed by atoms with E-state index in [1.807, 2.05) is 10.2 Å². The third kappa shape index (κ3) is 2.77. The number of anilines is 1. The number of hydrogen-bond donors (Lipinski definition) is 2. The third-order valence-corrected chi connectivity index (χ3v) is 2.85. The molecule has 1 aliphatic heterocycles. The van der Waals surface area contributed by atoms with Crippen molar-refractivity contribution in [1.82, 2.24) is 5.32 Å². The predicted molar refractivity (Wildman–Crippen MR) is 64.7 cm³/mol. The van der Waals surface area contributed by atoms with Crippen LogP contribution in [0.2, 0.25) is 0 Å². The van der Waals surface area contributed by atoms with Crippen LogP contribution in [-0.4, -0.2) is 25.0 Å². The molecule has 1 heterocycles. The summed E-state index contributed by atoms with van der Waals surface area (Å²) >= 11 is 0. The Kier molecular flexibility index (Phi) is 3.45. The summed E-state index contributed by atoms with van der Waals surface area (Å²) in [6.07, 6.45) is 1.64. The first-order chi connectivity index (χ1) is 8.56. The van der Waals surface area contributed by atoms with Crippen LogP contribution in [0.25, 0.3) is 0 Å². The normalized spacial score (nSPS) is 13.9. The Morgan fingerprint density at radius 1 is 1.44 bits per heavy atom. The van der Waals surface area contributed by atoms with Crippen molar-refractivity contribution in [3.05, 3.63) is 29.6 Å². The zero-order chi connectivity index (χ0) is 13.1. The molecule has 0 unspecified atom stereocenters. The Morgan fingerprint density at radius 2 is 2.22 bits per heavy atom. The lowest BCUT2D eigenvalue weighted by atomic mass is 10.0. The van der Waals surface area contributed by atoms with Gasteiger partial charge in [0.1, 0.15) is 5.82 Å². The van der Waals surface area contributed by atoms with Crippen molar-refractivity contribution in [3.63, 3.8) is 0 Å². The lowest BCUT2D eigenvalue weighted by Crippen LogP contribution is -2.43. The van der Waals surface area contributed by atoms with Crippen molar-refractivity contribution >= 4 is 17.6 Å². The van der Waals surface area contributed by atoms with Gasteiger partial charge in [-0.05, 0) is 36.6 Å². The number of primary amides is 1. The van der Waals surface area contributed by atoms with Gasteiger partial charge in [-0.25, -0.2) is 9.18 Å². The Hall–Kier alpha value is -2.11. The van der Waals surface area contributed by atoms with E-state index in [0.29, 0.717) is 6.54 Å². The Labute approximate surface area is 104 Å². The van der Waals surface area contributed by atoms with Gasteiger partial charge in [0.05, 0.1) is 6.54 Å². The fourth-order valence-electron chi connectivity index (χ4n) is 2.16. The molecule has 0 saturated carbocycles. The molecule has 0 fully saturated rings. The first-order valence-electron chi connectivity index (χ1n) is 5.69. The number of imide groups is 1. The van der Waals surface area contributed by atoms with Crippen molar-refractivity contribution in [2.75, 3.05) is 18.0 Å². The summed E-state index contributed by atoms with van der Waals surface area (Å²) in [4.78, 5) is 23.9. The maximum Gasteiger partial charge on any atom is 0.318 e. The van der Waals surface area contributed by atoms with E-state index < -0.39 is 11.9 Å². The van der Waals surface area contributed by atoms with Gasteiger partial charge in [-0.15, -0.1) is 0 Å². The Morgan fingerprint density at radius 3 is 2.94 bits per heavy atom. The molecule has 0 spiro atoms. The number of nitrogens with zero attached hydrogens (tertiary/aromatic N) is 1. The van der Waals surface area contributed by atoms with Gasteiger partial charge in [0.15, 0.2) is 0 Å². The van der Waals surface area contributed by atoms with E-state index in [-0.39, 0.29) is 12.4 Å². The number of rotatable bonds is 2. The molecule has 1 aliphatic rings. The quantitative estimate of drug-likeness (QED) is 0.815. The molecule has 5 nitrogen and oxygen atoms in total. The van der Waals surface area contributed by atoms with E-state index >= 15 is 0 Å². The van der Waals surface area contributed by atoms with Crippen LogP contribution in [0.15, 0.2) is 18.2 Å². The molecular weight excluding hydrogens is 237 g/mol. The zero-order valence-corrected chi connectivity index (χ0v) is 9.78. The first-order valence-corrected chi connectivity index (χ1v) is 5.69. The highest BCUT2D eigenvalue weighted by atomic mass is 19.1. The van der Waals surface area contributed by atoms with Gasteiger partial charge in [-0.1, -0.05) is 0 Å². The van der Waals surface area contributed by atoms with Gasteiger partial charge in [0.25, 0.3) is 0 Å². The minimum Gasteiger partial charge on any atom is -0.362 e. The smallest absolute Gasteiger partial charge is 0.318 e. The van der Waals surface area contributed by atoms with E-state index in [0.717, 1.165) is 24.1 Å². The first kappa shape index (κ1) is 12.3. The van der Waals surface area contributed by atoms with Crippen LogP contribution >= 0.6 is 0 Å². The van der Waals surface area contributed by atoms with Crippen molar-refractivity contribution in [2.24, 2.45) is 5.73 Å². The van der Waals surface area contributed by atoms with Crippen LogP contribution in [0, 0.1) is 5.82 Å². The summed E-state index contributed by atoms with van der Waals surface area (Å²) in [5.41, 5.74) is 6.59. The van der Waals surface area contributed by atoms with Crippen molar-refractivity contribution in [2.45, 2.75) is 12.8 Å². The molecule has 0 aromatic heterocycles. The van der Waals surface area contributed by atoms with E-state index in [4.69, 9.17) is 5.73 Å². The van der Waals surface area contributed by atoms with E-state index in [1.165, 1.54) is 12.1 Å². The number of aryl methyl sites for hydroxylation is 1. The molecule has 0 bridgehead atoms. The number of halogens is 1. The average molecular weight is 251 g/mol. The van der Waals surface area contributed by atoms with Gasteiger partial charge in [0, 0.05) is 12.2 Å². The largest absolute Gasteiger partial charge is 0.362 e. The number of fused-ring (bicyclic) bond motifs is 1. The molecule has 2 rings (SSSR count). The monoisotopic (exact) mass is 251 g/mol. The Bertz CT molecular complexity index is 490. The van der Waals surface area contributed by atoms with Crippen molar-refractivity contribution in [1.29, 1.82) is 0 Å². The minimum atomic E-state index is -0.865. The molecule has 6 heteroatoms. The molecule has 96 valence electrons. The summed E-state index contributed by atoms with van der Waals surface area (Å²) in [5.74, 6) is -0.739. The molecule has 0 radical (unpaired) electrons. The van der Waals surface area contributed by atoms with Crippen LogP contribution < -0.4 is 16.0 Å². The van der Waals surface area contributed by atoms with Crippen LogP contribution in [0.5, 0.6) is 0 Å². The van der Waals surface area contributed by atoms with Gasteiger partial charge < -0.3 is 10.6 Å². The molecule has 3 N–H and O–H groups in total. The fraction of sp³-hybridized carbons (Fsp3) is 0.333. The molecule has 0 aliphatic carbocycles. The molecule has 0 saturated heterocycles. The fourth-order valence-corrected chi connectivity index (χ4v) is 2.16. The van der Waals surface area contributed by atoms with E-state index in [1.54, 1.807) is 6.07 Å². The highest BCUT2D eigenvalue weighted by Gasteiger charge is 2.19. The van der Waals surface area contributed by atoms with Crippen molar-refractivity contribution in [3.8, 4) is 0 Å². The van der Waals surface area contributed by atoms with Crippen LogP contribution in [0.1, 0.15) is 12.0 Å². The summed E-state index contributed by atoms with van der Waals surface area (Å²) < 4.78 is 13.1. The third-order valence-electron chi connectivity index (χ3n) is 2.85. The van der Waals surface area contributed by atoms with E-state index in [9.17, 15) is 14.0 Å². The van der Waals surface area contributed by atoms with Gasteiger partial charge in [-0.2, -0.15) is 0 Å². The van der Waals surface area contributed by atoms with E-state index in [2.05, 4.69) is 0 Å². The minimum absolute atomic E-state index is 0.0432. The number of hydrogen-bond acceptors (Lipinski definition) is 3. The number of amides is 3. The van der Waals surface area contributed by atoms with Crippen LogP contribution in [0.3, 0.4) is 0 Å². The lowest BCUT2D eigenvalue weighted by Gasteiger charge is -2.30. The molecular formula is C12H14FN3O2. The number of nitrogens with one attached hydrogen (secondary N) is 1. The van der Waals surface area contributed by atoms with Crippen LogP contribution in [-0.2, 0) is 11.2 Å². The highest BCUT2D eigenvalue weighted by Crippen LogP contribution is 2.27. The number of carbonyl (C=O) groups excluding carboxylic acids is 2. The summed E-state index contributed by atoms with van der Waals surface area (Å²) in [6.45, 7) is 0.742. The van der Waals surface area contributed by atoms with Gasteiger partial charge >= 0.3 is 6.03 Å². The standard InChI is InChI=1S/C12H14FN3O2/c13-9-3-4-10-8(6-9)2-1-5-16(10)7-11(17)15-12(14)18/h3-4,6H,1-2,5,7H2,(H3,14,15,17,18). The average Bonchev–Trinajstić information content (AvgIpc) is 2.27. The predicted octanol–water partition coefficient (Wildman–Crippen LogP) is 0.773. The number of carbonyl (C=O) groups is 2. The number of urea groups is 1. The molecule has 1 aromatic carbocycles.